The molecule has 1 aliphatic rings. The third-order valence-electron chi connectivity index (χ3n) is 4.46. The van der Waals surface area contributed by atoms with E-state index in [0.717, 1.165) is 29.5 Å². The van der Waals surface area contributed by atoms with Crippen molar-refractivity contribution in [1.82, 2.24) is 14.5 Å². The second kappa shape index (κ2) is 10.0. The number of sulfonamides is 1. The van der Waals surface area contributed by atoms with Gasteiger partial charge >= 0.3 is 0 Å². The number of amides is 1. The van der Waals surface area contributed by atoms with E-state index in [4.69, 9.17) is 9.47 Å². The molecule has 1 heterocycles. The van der Waals surface area contributed by atoms with Gasteiger partial charge in [0.15, 0.2) is 0 Å². The predicted octanol–water partition coefficient (Wildman–Crippen LogP) is 0.463. The maximum atomic E-state index is 13.0. The van der Waals surface area contributed by atoms with E-state index < -0.39 is 10.0 Å². The van der Waals surface area contributed by atoms with Gasteiger partial charge in [0.05, 0.1) is 26.9 Å². The molecule has 0 atom stereocenters. The first-order valence-electron chi connectivity index (χ1n) is 9.10. The van der Waals surface area contributed by atoms with Gasteiger partial charge in [-0.15, -0.1) is 0 Å². The molecule has 1 aromatic carbocycles. The van der Waals surface area contributed by atoms with Crippen LogP contribution in [0.15, 0.2) is 23.1 Å². The molecule has 1 aromatic rings. The lowest BCUT2D eigenvalue weighted by Crippen LogP contribution is -2.44. The van der Waals surface area contributed by atoms with Gasteiger partial charge in [-0.05, 0) is 24.6 Å². The van der Waals surface area contributed by atoms with Crippen LogP contribution in [0.1, 0.15) is 12.5 Å². The molecule has 1 amide bonds. The first-order chi connectivity index (χ1) is 12.9. The lowest BCUT2D eigenvalue weighted by molar-refractivity contribution is -0.121. The fourth-order valence-corrected chi connectivity index (χ4v) is 4.53. The van der Waals surface area contributed by atoms with Crippen molar-refractivity contribution in [3.63, 3.8) is 0 Å². The molecule has 1 fully saturated rings. The molecule has 2 rings (SSSR count). The van der Waals surface area contributed by atoms with Gasteiger partial charge in [0.25, 0.3) is 0 Å². The van der Waals surface area contributed by atoms with Crippen LogP contribution in [0.25, 0.3) is 0 Å². The van der Waals surface area contributed by atoms with E-state index in [2.05, 4.69) is 10.2 Å². The minimum atomic E-state index is -3.84. The maximum Gasteiger partial charge on any atom is 0.247 e. The van der Waals surface area contributed by atoms with Crippen LogP contribution < -0.4 is 10.1 Å². The van der Waals surface area contributed by atoms with Gasteiger partial charge < -0.3 is 14.8 Å². The number of benzene rings is 1. The molecular formula is C18H29N3O5S. The molecule has 8 nitrogen and oxygen atoms in total. The molecule has 9 heteroatoms. The van der Waals surface area contributed by atoms with Crippen molar-refractivity contribution in [1.29, 1.82) is 0 Å². The van der Waals surface area contributed by atoms with Crippen LogP contribution in [-0.4, -0.2) is 83.1 Å². The van der Waals surface area contributed by atoms with E-state index >= 15 is 0 Å². The highest BCUT2D eigenvalue weighted by Crippen LogP contribution is 2.27. The Balaban J connectivity index is 1.98. The minimum Gasteiger partial charge on any atom is -0.495 e. The molecular weight excluding hydrogens is 370 g/mol. The van der Waals surface area contributed by atoms with Crippen LogP contribution >= 0.6 is 0 Å². The predicted molar refractivity (Wildman–Crippen MR) is 102 cm³/mol. The number of hydrogen-bond acceptors (Lipinski definition) is 6. The van der Waals surface area contributed by atoms with Crippen LogP contribution in [0.5, 0.6) is 5.75 Å². The normalized spacial score (nSPS) is 15.7. The SMILES string of the molecule is CCN(CC(=O)NCCN1CCOCC1)S(=O)(=O)c1cc(C)ccc1OC. The highest BCUT2D eigenvalue weighted by atomic mass is 32.2. The standard InChI is InChI=1S/C18H29N3O5S/c1-4-21(14-18(22)19-7-8-20-9-11-26-12-10-20)27(23,24)17-13-15(2)5-6-16(17)25-3/h5-6,13H,4,7-12,14H2,1-3H3,(H,19,22). The lowest BCUT2D eigenvalue weighted by atomic mass is 10.2. The first kappa shape index (κ1) is 21.6. The summed E-state index contributed by atoms with van der Waals surface area (Å²) >= 11 is 0. The fraction of sp³-hybridized carbons (Fsp3) is 0.611. The summed E-state index contributed by atoms with van der Waals surface area (Å²) in [5, 5.41) is 2.80. The molecule has 1 aliphatic heterocycles. The van der Waals surface area contributed by atoms with Crippen molar-refractivity contribution in [3.8, 4) is 5.75 Å². The maximum absolute atomic E-state index is 13.0. The largest absolute Gasteiger partial charge is 0.495 e. The molecule has 0 saturated carbocycles. The van der Waals surface area contributed by atoms with E-state index in [0.29, 0.717) is 19.8 Å². The second-order valence-electron chi connectivity index (χ2n) is 6.39. The Morgan fingerprint density at radius 1 is 1.33 bits per heavy atom. The Labute approximate surface area is 161 Å². The highest BCUT2D eigenvalue weighted by Gasteiger charge is 2.28. The number of rotatable bonds is 9. The minimum absolute atomic E-state index is 0.0768. The Morgan fingerprint density at radius 2 is 2.04 bits per heavy atom. The lowest BCUT2D eigenvalue weighted by Gasteiger charge is -2.26. The number of carbonyl (C=O) groups excluding carboxylic acids is 1. The monoisotopic (exact) mass is 399 g/mol. The Bertz CT molecular complexity index is 733. The molecule has 27 heavy (non-hydrogen) atoms. The van der Waals surface area contributed by atoms with Crippen LogP contribution in [0.2, 0.25) is 0 Å². The number of nitrogens with one attached hydrogen (secondary N) is 1. The number of methoxy groups -OCH3 is 1. The average Bonchev–Trinajstić information content (AvgIpc) is 2.66. The summed E-state index contributed by atoms with van der Waals surface area (Å²) in [5.74, 6) is -0.0490. The molecule has 152 valence electrons. The topological polar surface area (TPSA) is 88.2 Å². The molecule has 0 unspecified atom stereocenters. The van der Waals surface area contributed by atoms with Crippen molar-refractivity contribution in [3.05, 3.63) is 23.8 Å². The number of aryl methyl sites for hydroxylation is 1. The van der Waals surface area contributed by atoms with Crippen LogP contribution in [0.3, 0.4) is 0 Å². The van der Waals surface area contributed by atoms with E-state index in [1.165, 1.54) is 7.11 Å². The van der Waals surface area contributed by atoms with Crippen molar-refractivity contribution < 1.29 is 22.7 Å². The van der Waals surface area contributed by atoms with Gasteiger partial charge in [-0.25, -0.2) is 8.42 Å². The first-order valence-corrected chi connectivity index (χ1v) is 10.5. The summed E-state index contributed by atoms with van der Waals surface area (Å²) in [7, 11) is -2.41. The Morgan fingerprint density at radius 3 is 2.67 bits per heavy atom. The molecule has 1 N–H and O–H groups in total. The van der Waals surface area contributed by atoms with Crippen molar-refractivity contribution >= 4 is 15.9 Å². The number of nitrogens with zero attached hydrogens (tertiary/aromatic N) is 2. The van der Waals surface area contributed by atoms with Gasteiger partial charge in [0, 0.05) is 32.7 Å². The van der Waals surface area contributed by atoms with Gasteiger partial charge in [0.1, 0.15) is 10.6 Å². The summed E-state index contributed by atoms with van der Waals surface area (Å²) < 4.78 is 37.6. The smallest absolute Gasteiger partial charge is 0.247 e. The fourth-order valence-electron chi connectivity index (χ4n) is 2.89. The summed E-state index contributed by atoms with van der Waals surface area (Å²) in [4.78, 5) is 14.5. The molecule has 0 aliphatic carbocycles. The Kier molecular flexibility index (Phi) is 8.03. The van der Waals surface area contributed by atoms with E-state index in [-0.39, 0.29) is 29.6 Å². The van der Waals surface area contributed by atoms with E-state index in [1.54, 1.807) is 25.1 Å². The number of likely N-dealkylation sites (N-methyl/N-ethyl adjacent to an activating group) is 1. The average molecular weight is 400 g/mol. The van der Waals surface area contributed by atoms with Gasteiger partial charge in [-0.1, -0.05) is 13.0 Å². The van der Waals surface area contributed by atoms with Crippen molar-refractivity contribution in [2.45, 2.75) is 18.7 Å². The number of hydrogen-bond donors (Lipinski definition) is 1. The van der Waals surface area contributed by atoms with E-state index in [9.17, 15) is 13.2 Å². The van der Waals surface area contributed by atoms with Gasteiger partial charge in [-0.2, -0.15) is 4.31 Å². The number of carbonyl (C=O) groups is 1. The van der Waals surface area contributed by atoms with Crippen LogP contribution in [0, 0.1) is 6.92 Å². The second-order valence-corrected chi connectivity index (χ2v) is 8.30. The molecule has 0 radical (unpaired) electrons. The quantitative estimate of drug-likeness (QED) is 0.649. The number of morpholine rings is 1. The van der Waals surface area contributed by atoms with E-state index in [1.807, 2.05) is 6.92 Å². The summed E-state index contributed by atoms with van der Waals surface area (Å²) in [6.07, 6.45) is 0. The molecule has 0 aromatic heterocycles. The zero-order chi connectivity index (χ0) is 19.9. The number of ether oxygens (including phenoxy) is 2. The zero-order valence-corrected chi connectivity index (χ0v) is 17.0. The highest BCUT2D eigenvalue weighted by molar-refractivity contribution is 7.89. The summed E-state index contributed by atoms with van der Waals surface area (Å²) in [6.45, 7) is 7.78. The third-order valence-corrected chi connectivity index (χ3v) is 6.41. The Hall–Kier alpha value is -1.68. The van der Waals surface area contributed by atoms with Gasteiger partial charge in [0.2, 0.25) is 15.9 Å². The zero-order valence-electron chi connectivity index (χ0n) is 16.2. The van der Waals surface area contributed by atoms with Gasteiger partial charge in [-0.3, -0.25) is 9.69 Å². The van der Waals surface area contributed by atoms with Crippen LogP contribution in [-0.2, 0) is 19.6 Å². The molecule has 0 spiro atoms. The van der Waals surface area contributed by atoms with Crippen molar-refractivity contribution in [2.24, 2.45) is 0 Å². The third kappa shape index (κ3) is 5.90. The summed E-state index contributed by atoms with van der Waals surface area (Å²) in [6, 6.07) is 4.97. The molecule has 1 saturated heterocycles. The molecule has 0 bridgehead atoms. The van der Waals surface area contributed by atoms with Crippen LogP contribution in [0.4, 0.5) is 0 Å². The van der Waals surface area contributed by atoms with Crippen molar-refractivity contribution in [2.75, 3.05) is 59.6 Å². The summed E-state index contributed by atoms with van der Waals surface area (Å²) in [5.41, 5.74) is 0.806.